The van der Waals surface area contributed by atoms with E-state index in [2.05, 4.69) is 55.3 Å². The van der Waals surface area contributed by atoms with Crippen LogP contribution in [-0.4, -0.2) is 33.8 Å². The first-order chi connectivity index (χ1) is 14.0. The third kappa shape index (κ3) is 3.07. The van der Waals surface area contributed by atoms with E-state index in [4.69, 9.17) is 14.8 Å². The van der Waals surface area contributed by atoms with Crippen LogP contribution in [0, 0.1) is 20.8 Å². The molecule has 0 saturated heterocycles. The number of hydrogen-bond acceptors (Lipinski definition) is 4. The minimum absolute atomic E-state index is 0.661. The Kier molecular flexibility index (Phi) is 4.30. The Labute approximate surface area is 172 Å². The number of imidazole rings is 1. The molecule has 5 heteroatoms. The third-order valence-electron chi connectivity index (χ3n) is 6.15. The Balaban J connectivity index is 1.79. The average Bonchev–Trinajstić information content (AvgIpc) is 3.60. The largest absolute Gasteiger partial charge is 0.496 e. The Morgan fingerprint density at radius 2 is 1.76 bits per heavy atom. The van der Waals surface area contributed by atoms with Crippen LogP contribution >= 0.6 is 0 Å². The second-order valence-electron chi connectivity index (χ2n) is 8.70. The number of benzene rings is 1. The lowest BCUT2D eigenvalue weighted by molar-refractivity contribution is 0.416. The highest BCUT2D eigenvalue weighted by molar-refractivity contribution is 5.85. The predicted octanol–water partition coefficient (Wildman–Crippen LogP) is 5.02. The zero-order chi connectivity index (χ0) is 20.3. The molecule has 0 N–H and O–H groups in total. The van der Waals surface area contributed by atoms with E-state index in [-0.39, 0.29) is 0 Å². The Bertz CT molecular complexity index is 1080. The summed E-state index contributed by atoms with van der Waals surface area (Å²) in [5, 5.41) is 4.95. The van der Waals surface area contributed by atoms with E-state index in [0.29, 0.717) is 12.1 Å². The minimum Gasteiger partial charge on any atom is -0.496 e. The summed E-state index contributed by atoms with van der Waals surface area (Å²) >= 11 is 0. The lowest BCUT2D eigenvalue weighted by atomic mass is 9.98. The molecule has 29 heavy (non-hydrogen) atoms. The molecule has 1 aromatic carbocycles. The molecular formula is C24H30N4O. The van der Waals surface area contributed by atoms with Crippen LogP contribution in [0.15, 0.2) is 18.2 Å². The van der Waals surface area contributed by atoms with Gasteiger partial charge >= 0.3 is 0 Å². The number of aryl methyl sites for hydroxylation is 4. The summed E-state index contributed by atoms with van der Waals surface area (Å²) in [7, 11) is 1.75. The van der Waals surface area contributed by atoms with Crippen LogP contribution in [0.1, 0.15) is 55.1 Å². The van der Waals surface area contributed by atoms with Crippen molar-refractivity contribution in [3.8, 4) is 16.9 Å². The molecule has 0 amide bonds. The van der Waals surface area contributed by atoms with E-state index in [9.17, 15) is 0 Å². The normalized spacial score (nSPS) is 16.4. The first-order valence-electron chi connectivity index (χ1n) is 10.8. The van der Waals surface area contributed by atoms with Crippen LogP contribution in [0.5, 0.6) is 5.75 Å². The number of nitrogens with zero attached hydrogens (tertiary/aromatic N) is 4. The van der Waals surface area contributed by atoms with Gasteiger partial charge in [0.25, 0.3) is 0 Å². The second-order valence-corrected chi connectivity index (χ2v) is 8.70. The maximum atomic E-state index is 5.79. The molecule has 5 rings (SSSR count). The van der Waals surface area contributed by atoms with Gasteiger partial charge in [0.1, 0.15) is 5.75 Å². The Hall–Kier alpha value is -2.56. The molecular weight excluding hydrogens is 360 g/mol. The maximum Gasteiger partial charge on any atom is 0.164 e. The van der Waals surface area contributed by atoms with Crippen LogP contribution < -0.4 is 9.64 Å². The topological polar surface area (TPSA) is 42.7 Å². The van der Waals surface area contributed by atoms with Crippen molar-refractivity contribution in [1.29, 1.82) is 0 Å². The van der Waals surface area contributed by atoms with Crippen molar-refractivity contribution in [2.24, 2.45) is 0 Å². The van der Waals surface area contributed by atoms with Crippen molar-refractivity contribution in [2.45, 2.75) is 71.9 Å². The van der Waals surface area contributed by atoms with Crippen molar-refractivity contribution in [1.82, 2.24) is 14.6 Å². The van der Waals surface area contributed by atoms with Gasteiger partial charge in [0.15, 0.2) is 11.5 Å². The number of methoxy groups -OCH3 is 1. The van der Waals surface area contributed by atoms with Gasteiger partial charge in [-0.2, -0.15) is 9.61 Å². The number of fused-ring (bicyclic) bond motifs is 1. The van der Waals surface area contributed by atoms with E-state index in [1.54, 1.807) is 7.11 Å². The number of aromatic nitrogens is 3. The van der Waals surface area contributed by atoms with Crippen molar-refractivity contribution in [3.05, 3.63) is 40.7 Å². The lowest BCUT2D eigenvalue weighted by Crippen LogP contribution is -2.30. The van der Waals surface area contributed by atoms with Gasteiger partial charge in [0.2, 0.25) is 0 Å². The minimum atomic E-state index is 0.661. The van der Waals surface area contributed by atoms with Gasteiger partial charge in [0, 0.05) is 23.2 Å². The van der Waals surface area contributed by atoms with E-state index < -0.39 is 0 Å². The van der Waals surface area contributed by atoms with Crippen LogP contribution in [-0.2, 0) is 6.42 Å². The number of ether oxygens (including phenoxy) is 1. The summed E-state index contributed by atoms with van der Waals surface area (Å²) < 4.78 is 7.91. The molecule has 2 saturated carbocycles. The summed E-state index contributed by atoms with van der Waals surface area (Å²) in [6.07, 6.45) is 6.07. The van der Waals surface area contributed by atoms with E-state index in [1.807, 2.05) is 0 Å². The van der Waals surface area contributed by atoms with Crippen LogP contribution in [0.2, 0.25) is 0 Å². The number of rotatable bonds is 6. The Morgan fingerprint density at radius 1 is 1.07 bits per heavy atom. The quantitative estimate of drug-likeness (QED) is 0.592. The van der Waals surface area contributed by atoms with Crippen molar-refractivity contribution in [3.63, 3.8) is 0 Å². The van der Waals surface area contributed by atoms with Crippen molar-refractivity contribution in [2.75, 3.05) is 12.0 Å². The molecule has 0 bridgehead atoms. The Morgan fingerprint density at radius 3 is 2.34 bits per heavy atom. The fourth-order valence-electron chi connectivity index (χ4n) is 4.64. The predicted molar refractivity (Wildman–Crippen MR) is 117 cm³/mol. The van der Waals surface area contributed by atoms with Crippen LogP contribution in [0.25, 0.3) is 16.8 Å². The molecule has 2 heterocycles. The second kappa shape index (κ2) is 6.75. The lowest BCUT2D eigenvalue weighted by Gasteiger charge is -2.24. The molecule has 152 valence electrons. The summed E-state index contributed by atoms with van der Waals surface area (Å²) in [4.78, 5) is 7.77. The maximum absolute atomic E-state index is 5.79. The molecule has 0 aliphatic heterocycles. The molecule has 0 atom stereocenters. The summed E-state index contributed by atoms with van der Waals surface area (Å²) in [5.41, 5.74) is 7.75. The highest BCUT2D eigenvalue weighted by Gasteiger charge is 2.42. The van der Waals surface area contributed by atoms with Crippen molar-refractivity contribution >= 4 is 11.5 Å². The monoisotopic (exact) mass is 390 g/mol. The highest BCUT2D eigenvalue weighted by Crippen LogP contribution is 2.44. The molecule has 0 spiro atoms. The van der Waals surface area contributed by atoms with Gasteiger partial charge < -0.3 is 9.64 Å². The number of hydrogen-bond donors (Lipinski definition) is 0. The van der Waals surface area contributed by atoms with Gasteiger partial charge in [-0.25, -0.2) is 4.98 Å². The van der Waals surface area contributed by atoms with Crippen molar-refractivity contribution < 1.29 is 4.74 Å². The van der Waals surface area contributed by atoms with E-state index >= 15 is 0 Å². The number of anilines is 1. The molecule has 5 nitrogen and oxygen atoms in total. The summed E-state index contributed by atoms with van der Waals surface area (Å²) in [6.45, 7) is 8.54. The van der Waals surface area contributed by atoms with Gasteiger partial charge in [-0.05, 0) is 76.1 Å². The summed E-state index contributed by atoms with van der Waals surface area (Å²) in [5.74, 6) is 2.13. The molecule has 3 aromatic rings. The summed E-state index contributed by atoms with van der Waals surface area (Å²) in [6, 6.07) is 7.81. The molecule has 2 fully saturated rings. The highest BCUT2D eigenvalue weighted by atomic mass is 16.5. The van der Waals surface area contributed by atoms with E-state index in [0.717, 1.165) is 40.3 Å². The fourth-order valence-corrected chi connectivity index (χ4v) is 4.64. The third-order valence-corrected chi connectivity index (χ3v) is 6.15. The molecule has 0 unspecified atom stereocenters. The standard InChI is InChI=1S/C24H30N4O/c1-6-20-24(27(17-7-8-17)18-9-10-18)28-23(25-20)19(13-16(4)26-28)22-15(3)11-14(2)12-21(22)29-5/h11-13,17-18H,6-10H2,1-5H3. The smallest absolute Gasteiger partial charge is 0.164 e. The molecule has 0 radical (unpaired) electrons. The first-order valence-corrected chi connectivity index (χ1v) is 10.8. The fraction of sp³-hybridized carbons (Fsp3) is 0.500. The average molecular weight is 391 g/mol. The molecule has 2 aliphatic rings. The zero-order valence-corrected chi connectivity index (χ0v) is 18.1. The molecule has 2 aromatic heterocycles. The molecule has 2 aliphatic carbocycles. The van der Waals surface area contributed by atoms with Gasteiger partial charge in [0.05, 0.1) is 18.5 Å². The van der Waals surface area contributed by atoms with Gasteiger partial charge in [-0.15, -0.1) is 0 Å². The van der Waals surface area contributed by atoms with Gasteiger partial charge in [-0.1, -0.05) is 13.0 Å². The van der Waals surface area contributed by atoms with Crippen LogP contribution in [0.4, 0.5) is 5.82 Å². The first kappa shape index (κ1) is 18.5. The zero-order valence-electron chi connectivity index (χ0n) is 18.1. The van der Waals surface area contributed by atoms with Gasteiger partial charge in [-0.3, -0.25) is 0 Å². The van der Waals surface area contributed by atoms with Crippen LogP contribution in [0.3, 0.4) is 0 Å². The van der Waals surface area contributed by atoms with E-state index in [1.165, 1.54) is 42.6 Å². The SMILES string of the molecule is CCc1nc2c(-c3c(C)cc(C)cc3OC)cc(C)nn2c1N(C1CC1)C1CC1.